The van der Waals surface area contributed by atoms with E-state index in [4.69, 9.17) is 23.2 Å². The summed E-state index contributed by atoms with van der Waals surface area (Å²) in [7, 11) is 0. The summed E-state index contributed by atoms with van der Waals surface area (Å²) in [5, 5.41) is 2.92. The highest BCUT2D eigenvalue weighted by molar-refractivity contribution is 9.10. The third-order valence-corrected chi connectivity index (χ3v) is 4.94. The quantitative estimate of drug-likeness (QED) is 0.609. The van der Waals surface area contributed by atoms with Crippen LogP contribution >= 0.6 is 39.1 Å². The van der Waals surface area contributed by atoms with Gasteiger partial charge < -0.3 is 0 Å². The summed E-state index contributed by atoms with van der Waals surface area (Å²) in [5.74, 6) is -1.54. The number of nitrogens with one attached hydrogen (secondary N) is 1. The molecule has 1 fully saturated rings. The summed E-state index contributed by atoms with van der Waals surface area (Å²) in [6.07, 6.45) is 0. The summed E-state index contributed by atoms with van der Waals surface area (Å²) in [5.41, 5.74) is 1.42. The number of amides is 2. The van der Waals surface area contributed by atoms with Crippen LogP contribution in [0.1, 0.15) is 11.5 Å². The molecule has 19 heavy (non-hydrogen) atoms. The molecule has 0 aromatic heterocycles. The fourth-order valence-corrected chi connectivity index (χ4v) is 3.87. The number of carbonyl (C=O) groups excluding carboxylic acids is 2. The normalized spacial score (nSPS) is 24.4. The van der Waals surface area contributed by atoms with E-state index in [0.29, 0.717) is 27.0 Å². The number of fused-ring (bicyclic) bond motifs is 1. The Bertz CT molecular complexity index is 703. The Morgan fingerprint density at radius 1 is 1.16 bits per heavy atom. The summed E-state index contributed by atoms with van der Waals surface area (Å²) in [6, 6.07) is 1.51. The molecule has 0 aliphatic carbocycles. The lowest BCUT2D eigenvalue weighted by molar-refractivity contribution is -0.125. The zero-order valence-corrected chi connectivity index (χ0v) is 12.9. The minimum Gasteiger partial charge on any atom is -0.295 e. The molecular formula is C10H4BrCl2N3O2S. The van der Waals surface area contributed by atoms with E-state index in [1.165, 1.54) is 6.07 Å². The number of carbonyl (C=O) groups is 2. The first-order chi connectivity index (χ1) is 9.00. The van der Waals surface area contributed by atoms with Gasteiger partial charge in [-0.15, -0.1) is 0 Å². The van der Waals surface area contributed by atoms with Crippen LogP contribution in [0.3, 0.4) is 0 Å². The molecule has 5 nitrogen and oxygen atoms in total. The van der Waals surface area contributed by atoms with Gasteiger partial charge in [-0.05, 0) is 6.07 Å². The van der Waals surface area contributed by atoms with Gasteiger partial charge in [-0.25, -0.2) is 0 Å². The highest BCUT2D eigenvalue weighted by Crippen LogP contribution is 2.49. The van der Waals surface area contributed by atoms with E-state index >= 15 is 0 Å². The summed E-state index contributed by atoms with van der Waals surface area (Å²) >= 11 is 16.4. The SMILES string of the molecule is O=C1NC(=O)C(c2c(Cl)cc(Cl)c3c2N=S=N3)C1Br. The van der Waals surface area contributed by atoms with Gasteiger partial charge in [0.2, 0.25) is 11.8 Å². The smallest absolute Gasteiger partial charge is 0.241 e. The van der Waals surface area contributed by atoms with Crippen molar-refractivity contribution in [1.29, 1.82) is 0 Å². The molecule has 1 saturated heterocycles. The van der Waals surface area contributed by atoms with Crippen molar-refractivity contribution in [3.63, 3.8) is 0 Å². The number of rotatable bonds is 1. The van der Waals surface area contributed by atoms with Crippen LogP contribution in [-0.4, -0.2) is 16.6 Å². The van der Waals surface area contributed by atoms with Crippen LogP contribution in [0, 0.1) is 0 Å². The molecule has 2 atom stereocenters. The van der Waals surface area contributed by atoms with Gasteiger partial charge in [0.1, 0.15) is 16.2 Å². The molecule has 0 saturated carbocycles. The fraction of sp³-hybridized carbons (Fsp3) is 0.200. The second-order valence-corrected chi connectivity index (χ2v) is 6.28. The fourth-order valence-electron chi connectivity index (χ4n) is 2.02. The standard InChI is InChI=1S/C10H4BrCl2N3O2S/c11-6-5(9(17)14-10(6)18)4-2(12)1-3(13)7-8(4)16-19-15-7/h1,5-6H,(H,14,17,18). The van der Waals surface area contributed by atoms with E-state index < -0.39 is 22.6 Å². The largest absolute Gasteiger partial charge is 0.295 e. The molecule has 2 aliphatic rings. The second kappa shape index (κ2) is 4.66. The maximum absolute atomic E-state index is 11.9. The number of imide groups is 1. The van der Waals surface area contributed by atoms with Gasteiger partial charge in [0.05, 0.1) is 22.3 Å². The predicted molar refractivity (Wildman–Crippen MR) is 76.6 cm³/mol. The number of nitrogens with zero attached hydrogens (tertiary/aromatic N) is 2. The lowest BCUT2D eigenvalue weighted by atomic mass is 9.95. The Hall–Kier alpha value is -0.760. The molecule has 1 N–H and O–H groups in total. The van der Waals surface area contributed by atoms with Crippen molar-refractivity contribution >= 4 is 73.7 Å². The maximum atomic E-state index is 11.9. The first kappa shape index (κ1) is 13.2. The lowest BCUT2D eigenvalue weighted by Crippen LogP contribution is -2.22. The Kier molecular flexibility index (Phi) is 3.24. The van der Waals surface area contributed by atoms with Gasteiger partial charge in [-0.1, -0.05) is 39.1 Å². The molecule has 2 aliphatic heterocycles. The number of hydrogen-bond donors (Lipinski definition) is 1. The van der Waals surface area contributed by atoms with Crippen molar-refractivity contribution in [3.05, 3.63) is 21.7 Å². The van der Waals surface area contributed by atoms with Gasteiger partial charge in [0.15, 0.2) is 0 Å². The van der Waals surface area contributed by atoms with Gasteiger partial charge in [-0.2, -0.15) is 8.73 Å². The molecule has 9 heteroatoms. The highest BCUT2D eigenvalue weighted by atomic mass is 79.9. The van der Waals surface area contributed by atoms with Crippen LogP contribution in [0.2, 0.25) is 10.0 Å². The second-order valence-electron chi connectivity index (χ2n) is 3.95. The lowest BCUT2D eigenvalue weighted by Gasteiger charge is -2.15. The Morgan fingerprint density at radius 3 is 2.47 bits per heavy atom. The van der Waals surface area contributed by atoms with E-state index in [1.54, 1.807) is 0 Å². The average molecular weight is 381 g/mol. The first-order valence-electron chi connectivity index (χ1n) is 5.09. The van der Waals surface area contributed by atoms with E-state index in [-0.39, 0.29) is 0 Å². The zero-order valence-electron chi connectivity index (χ0n) is 8.99. The summed E-state index contributed by atoms with van der Waals surface area (Å²) in [4.78, 5) is 22.8. The van der Waals surface area contributed by atoms with Crippen LogP contribution in [-0.2, 0) is 20.9 Å². The summed E-state index contributed by atoms with van der Waals surface area (Å²) < 4.78 is 8.20. The Balaban J connectivity index is 2.22. The third-order valence-electron chi connectivity index (χ3n) is 2.86. The van der Waals surface area contributed by atoms with E-state index in [9.17, 15) is 9.59 Å². The maximum Gasteiger partial charge on any atom is 0.241 e. The van der Waals surface area contributed by atoms with Gasteiger partial charge in [-0.3, -0.25) is 14.9 Å². The molecule has 0 bridgehead atoms. The Morgan fingerprint density at radius 2 is 1.84 bits per heavy atom. The molecule has 2 heterocycles. The van der Waals surface area contributed by atoms with Crippen LogP contribution < -0.4 is 5.32 Å². The van der Waals surface area contributed by atoms with Crippen LogP contribution in [0.15, 0.2) is 14.8 Å². The van der Waals surface area contributed by atoms with Crippen molar-refractivity contribution in [1.82, 2.24) is 5.32 Å². The van der Waals surface area contributed by atoms with Crippen molar-refractivity contribution in [2.24, 2.45) is 8.73 Å². The van der Waals surface area contributed by atoms with Crippen LogP contribution in [0.5, 0.6) is 0 Å². The minimum atomic E-state index is -0.733. The van der Waals surface area contributed by atoms with E-state index in [1.807, 2.05) is 0 Å². The van der Waals surface area contributed by atoms with Crippen molar-refractivity contribution in [2.45, 2.75) is 10.7 Å². The number of alkyl halides is 1. The van der Waals surface area contributed by atoms with Crippen molar-refractivity contribution < 1.29 is 9.59 Å². The van der Waals surface area contributed by atoms with Crippen molar-refractivity contribution in [2.75, 3.05) is 0 Å². The molecule has 0 spiro atoms. The predicted octanol–water partition coefficient (Wildman–Crippen LogP) is 3.22. The topological polar surface area (TPSA) is 70.9 Å². The minimum absolute atomic E-state index is 0.296. The molecule has 98 valence electrons. The zero-order chi connectivity index (χ0) is 13.7. The van der Waals surface area contributed by atoms with Crippen LogP contribution in [0.25, 0.3) is 0 Å². The van der Waals surface area contributed by atoms with Gasteiger partial charge >= 0.3 is 0 Å². The third kappa shape index (κ3) is 1.96. The monoisotopic (exact) mass is 379 g/mol. The van der Waals surface area contributed by atoms with E-state index in [0.717, 1.165) is 11.4 Å². The first-order valence-corrected chi connectivity index (χ1v) is 7.50. The summed E-state index contributed by atoms with van der Waals surface area (Å²) in [6.45, 7) is 0. The number of halogens is 3. The molecule has 2 unspecified atom stereocenters. The molecule has 1 aromatic carbocycles. The van der Waals surface area contributed by atoms with Crippen LogP contribution in [0.4, 0.5) is 11.4 Å². The molecule has 1 aromatic rings. The van der Waals surface area contributed by atoms with Gasteiger partial charge in [0, 0.05) is 10.6 Å². The molecule has 0 radical (unpaired) electrons. The molecule has 3 rings (SSSR count). The number of hydrogen-bond acceptors (Lipinski definition) is 4. The van der Waals surface area contributed by atoms with Crippen molar-refractivity contribution in [3.8, 4) is 0 Å². The average Bonchev–Trinajstić information content (AvgIpc) is 2.90. The Labute approximate surface area is 129 Å². The highest BCUT2D eigenvalue weighted by Gasteiger charge is 2.44. The number of benzene rings is 1. The van der Waals surface area contributed by atoms with Gasteiger partial charge in [0.25, 0.3) is 0 Å². The molecule has 2 amide bonds. The molecular weight excluding hydrogens is 377 g/mol. The van der Waals surface area contributed by atoms with E-state index in [2.05, 4.69) is 30.0 Å².